The largest absolute Gasteiger partial charge is 0.461 e. The van der Waals surface area contributed by atoms with Gasteiger partial charge in [0.25, 0.3) is 0 Å². The number of benzene rings is 1. The second kappa shape index (κ2) is 5.44. The molecule has 0 amide bonds. The number of Topliss-reactive ketones (excluding diaryl/α,β-unsaturated/α-hetero) is 1. The maximum absolute atomic E-state index is 12.7. The summed E-state index contributed by atoms with van der Waals surface area (Å²) in [5, 5.41) is 0. The van der Waals surface area contributed by atoms with E-state index in [9.17, 15) is 18.0 Å². The molecule has 0 radical (unpaired) electrons. The van der Waals surface area contributed by atoms with Crippen LogP contribution in [0.1, 0.15) is 18.2 Å². The third-order valence-electron chi connectivity index (χ3n) is 2.64. The Morgan fingerprint density at radius 2 is 1.95 bits per heavy atom. The van der Waals surface area contributed by atoms with E-state index in [-0.39, 0.29) is 12.2 Å². The number of carbonyl (C=O) groups excluding carboxylic acids is 1. The van der Waals surface area contributed by atoms with E-state index in [2.05, 4.69) is 15.9 Å². The molecule has 1 aromatic heterocycles. The molecule has 0 aliphatic heterocycles. The lowest BCUT2D eigenvalue weighted by atomic mass is 10.1. The molecule has 0 saturated heterocycles. The predicted octanol–water partition coefficient (Wildman–Crippen LogP) is 4.86. The fraction of sp³-hybridized carbons (Fsp3) is 0.214. The molecule has 0 aliphatic carbocycles. The molecule has 0 saturated carbocycles. The average Bonchev–Trinajstić information content (AvgIpc) is 2.75. The van der Waals surface area contributed by atoms with E-state index in [1.165, 1.54) is 13.0 Å². The number of carbonyl (C=O) groups is 1. The number of halogens is 4. The van der Waals surface area contributed by atoms with Crippen molar-refractivity contribution in [3.05, 3.63) is 46.1 Å². The molecule has 2 nitrogen and oxygen atoms in total. The van der Waals surface area contributed by atoms with Crippen molar-refractivity contribution in [1.29, 1.82) is 0 Å². The number of furan rings is 1. The van der Waals surface area contributed by atoms with Gasteiger partial charge in [-0.25, -0.2) is 0 Å². The average molecular weight is 347 g/mol. The van der Waals surface area contributed by atoms with Crippen molar-refractivity contribution < 1.29 is 22.4 Å². The minimum absolute atomic E-state index is 0.0750. The van der Waals surface area contributed by atoms with Crippen LogP contribution in [0.5, 0.6) is 0 Å². The Morgan fingerprint density at radius 3 is 2.55 bits per heavy atom. The van der Waals surface area contributed by atoms with Gasteiger partial charge in [0.1, 0.15) is 17.3 Å². The zero-order chi connectivity index (χ0) is 14.9. The van der Waals surface area contributed by atoms with Crippen LogP contribution in [-0.4, -0.2) is 5.78 Å². The van der Waals surface area contributed by atoms with Gasteiger partial charge in [-0.15, -0.1) is 0 Å². The molecule has 2 rings (SSSR count). The van der Waals surface area contributed by atoms with Gasteiger partial charge in [-0.3, -0.25) is 4.79 Å². The van der Waals surface area contributed by atoms with Crippen molar-refractivity contribution in [1.82, 2.24) is 0 Å². The van der Waals surface area contributed by atoms with Crippen molar-refractivity contribution in [3.63, 3.8) is 0 Å². The molecule has 20 heavy (non-hydrogen) atoms. The smallest absolute Gasteiger partial charge is 0.416 e. The Bertz CT molecular complexity index is 644. The van der Waals surface area contributed by atoms with Crippen molar-refractivity contribution in [2.75, 3.05) is 0 Å². The van der Waals surface area contributed by atoms with Gasteiger partial charge in [-0.1, -0.05) is 15.9 Å². The molecular weight excluding hydrogens is 337 g/mol. The van der Waals surface area contributed by atoms with Crippen LogP contribution >= 0.6 is 15.9 Å². The third-order valence-corrected chi connectivity index (χ3v) is 3.34. The van der Waals surface area contributed by atoms with Crippen LogP contribution in [0, 0.1) is 0 Å². The Hall–Kier alpha value is -1.56. The van der Waals surface area contributed by atoms with E-state index >= 15 is 0 Å². The molecule has 0 aliphatic rings. The third kappa shape index (κ3) is 3.30. The quantitative estimate of drug-likeness (QED) is 0.794. The standard InChI is InChI=1S/C14H10BrF3O2/c1-8(19)6-10-3-5-13(20-10)11-7-9(14(16,17)18)2-4-12(11)15/h2-5,7H,6H2,1H3. The number of ketones is 1. The van der Waals surface area contributed by atoms with Gasteiger partial charge in [0.15, 0.2) is 0 Å². The van der Waals surface area contributed by atoms with Crippen LogP contribution in [-0.2, 0) is 17.4 Å². The van der Waals surface area contributed by atoms with Crippen molar-refractivity contribution in [2.24, 2.45) is 0 Å². The highest BCUT2D eigenvalue weighted by atomic mass is 79.9. The minimum atomic E-state index is -4.41. The van der Waals surface area contributed by atoms with Crippen molar-refractivity contribution >= 4 is 21.7 Å². The lowest BCUT2D eigenvalue weighted by molar-refractivity contribution is -0.137. The lowest BCUT2D eigenvalue weighted by Crippen LogP contribution is -2.04. The van der Waals surface area contributed by atoms with E-state index in [1.807, 2.05) is 0 Å². The zero-order valence-electron chi connectivity index (χ0n) is 10.4. The summed E-state index contributed by atoms with van der Waals surface area (Å²) in [6.45, 7) is 1.42. The van der Waals surface area contributed by atoms with Crippen LogP contribution in [0.15, 0.2) is 39.2 Å². The van der Waals surface area contributed by atoms with Gasteiger partial charge < -0.3 is 4.42 Å². The first-order valence-electron chi connectivity index (χ1n) is 5.72. The fourth-order valence-corrected chi connectivity index (χ4v) is 2.20. The summed E-state index contributed by atoms with van der Waals surface area (Å²) in [7, 11) is 0. The number of alkyl halides is 3. The Balaban J connectivity index is 2.41. The molecule has 1 heterocycles. The van der Waals surface area contributed by atoms with Crippen LogP contribution < -0.4 is 0 Å². The predicted molar refractivity (Wildman–Crippen MR) is 71.2 cm³/mol. The summed E-state index contributed by atoms with van der Waals surface area (Å²) in [4.78, 5) is 11.0. The maximum Gasteiger partial charge on any atom is 0.416 e. The summed E-state index contributed by atoms with van der Waals surface area (Å²) >= 11 is 3.20. The Kier molecular flexibility index (Phi) is 4.04. The molecule has 0 unspecified atom stereocenters. The first-order chi connectivity index (χ1) is 9.27. The minimum Gasteiger partial charge on any atom is -0.461 e. The highest BCUT2D eigenvalue weighted by Crippen LogP contribution is 2.36. The summed E-state index contributed by atoms with van der Waals surface area (Å²) in [5.74, 6) is 0.644. The van der Waals surface area contributed by atoms with Crippen LogP contribution in [0.25, 0.3) is 11.3 Å². The molecule has 0 spiro atoms. The molecular formula is C14H10BrF3O2. The second-order valence-electron chi connectivity index (χ2n) is 4.34. The van der Waals surface area contributed by atoms with Gasteiger partial charge in [0, 0.05) is 10.0 Å². The highest BCUT2D eigenvalue weighted by Gasteiger charge is 2.31. The van der Waals surface area contributed by atoms with E-state index < -0.39 is 11.7 Å². The summed E-state index contributed by atoms with van der Waals surface area (Å²) in [5.41, 5.74) is -0.449. The van der Waals surface area contributed by atoms with E-state index in [4.69, 9.17) is 4.42 Å². The first-order valence-corrected chi connectivity index (χ1v) is 6.52. The summed E-state index contributed by atoms with van der Waals surface area (Å²) < 4.78 is 44.0. The normalized spacial score (nSPS) is 11.7. The Labute approximate surface area is 121 Å². The summed E-state index contributed by atoms with van der Waals surface area (Å²) in [6.07, 6.45) is -4.29. The Morgan fingerprint density at radius 1 is 1.25 bits per heavy atom. The molecule has 2 aromatic rings. The number of hydrogen-bond acceptors (Lipinski definition) is 2. The molecule has 6 heteroatoms. The lowest BCUT2D eigenvalue weighted by Gasteiger charge is -2.09. The molecule has 0 bridgehead atoms. The van der Waals surface area contributed by atoms with Crippen LogP contribution in [0.2, 0.25) is 0 Å². The highest BCUT2D eigenvalue weighted by molar-refractivity contribution is 9.10. The van der Waals surface area contributed by atoms with Crippen LogP contribution in [0.3, 0.4) is 0 Å². The van der Waals surface area contributed by atoms with Gasteiger partial charge in [0.2, 0.25) is 0 Å². The number of hydrogen-bond donors (Lipinski definition) is 0. The van der Waals surface area contributed by atoms with Gasteiger partial charge in [-0.05, 0) is 37.3 Å². The zero-order valence-corrected chi connectivity index (χ0v) is 12.0. The second-order valence-corrected chi connectivity index (χ2v) is 5.19. The topological polar surface area (TPSA) is 30.2 Å². The van der Waals surface area contributed by atoms with Gasteiger partial charge in [0.05, 0.1) is 12.0 Å². The van der Waals surface area contributed by atoms with Crippen LogP contribution in [0.4, 0.5) is 13.2 Å². The number of rotatable bonds is 3. The van der Waals surface area contributed by atoms with E-state index in [0.29, 0.717) is 21.6 Å². The molecule has 0 atom stereocenters. The maximum atomic E-state index is 12.7. The SMILES string of the molecule is CC(=O)Cc1ccc(-c2cc(C(F)(F)F)ccc2Br)o1. The monoisotopic (exact) mass is 346 g/mol. The van der Waals surface area contributed by atoms with Gasteiger partial charge in [-0.2, -0.15) is 13.2 Å². The molecule has 0 N–H and O–H groups in total. The molecule has 0 fully saturated rings. The van der Waals surface area contributed by atoms with Crippen molar-refractivity contribution in [2.45, 2.75) is 19.5 Å². The molecule has 106 valence electrons. The summed E-state index contributed by atoms with van der Waals surface area (Å²) in [6, 6.07) is 6.47. The van der Waals surface area contributed by atoms with E-state index in [0.717, 1.165) is 12.1 Å². The van der Waals surface area contributed by atoms with Crippen molar-refractivity contribution in [3.8, 4) is 11.3 Å². The van der Waals surface area contributed by atoms with E-state index in [1.54, 1.807) is 12.1 Å². The van der Waals surface area contributed by atoms with Gasteiger partial charge >= 0.3 is 6.18 Å². The first kappa shape index (κ1) is 14.8. The fourth-order valence-electron chi connectivity index (χ4n) is 1.75. The molecule has 1 aromatic carbocycles.